The molecule has 7 heteroatoms. The highest BCUT2D eigenvalue weighted by molar-refractivity contribution is 5.92. The highest BCUT2D eigenvalue weighted by atomic mass is 19.2. The molecule has 1 fully saturated rings. The van der Waals surface area contributed by atoms with Gasteiger partial charge in [-0.25, -0.2) is 18.7 Å². The number of carbonyl (C=O) groups excluding carboxylic acids is 1. The molecular weight excluding hydrogens is 302 g/mol. The lowest BCUT2D eigenvalue weighted by atomic mass is 10.1. The van der Waals surface area contributed by atoms with Gasteiger partial charge in [0.25, 0.3) is 5.91 Å². The summed E-state index contributed by atoms with van der Waals surface area (Å²) in [6, 6.07) is 5.11. The summed E-state index contributed by atoms with van der Waals surface area (Å²) in [5, 5.41) is 0. The number of nitrogens with zero attached hydrogens (tertiary/aromatic N) is 3. The number of nitrogens with two attached hydrogens (primary N) is 1. The zero-order valence-corrected chi connectivity index (χ0v) is 12.4. The van der Waals surface area contributed by atoms with E-state index in [0.29, 0.717) is 5.95 Å². The molecule has 1 aliphatic rings. The number of carbonyl (C=O) groups is 1. The number of hydrogen-bond donors (Lipinski definition) is 1. The van der Waals surface area contributed by atoms with E-state index >= 15 is 0 Å². The Labute approximate surface area is 132 Å². The summed E-state index contributed by atoms with van der Waals surface area (Å²) in [5.41, 5.74) is 5.42. The van der Waals surface area contributed by atoms with Crippen molar-refractivity contribution >= 4 is 11.9 Å². The highest BCUT2D eigenvalue weighted by Crippen LogP contribution is 2.26. The lowest BCUT2D eigenvalue weighted by Crippen LogP contribution is -2.31. The molecular formula is C16H16F2N4O. The zero-order chi connectivity index (χ0) is 16.4. The Morgan fingerprint density at radius 1 is 1.13 bits per heavy atom. The van der Waals surface area contributed by atoms with Crippen molar-refractivity contribution in [3.8, 4) is 11.3 Å². The van der Waals surface area contributed by atoms with Gasteiger partial charge in [0.1, 0.15) is 5.69 Å². The molecule has 2 heterocycles. The monoisotopic (exact) mass is 318 g/mol. The van der Waals surface area contributed by atoms with Crippen LogP contribution in [0.4, 0.5) is 14.7 Å². The molecule has 2 aromatic rings. The largest absolute Gasteiger partial charge is 0.364 e. The molecule has 5 nitrogen and oxygen atoms in total. The van der Waals surface area contributed by atoms with Crippen LogP contribution in [0.2, 0.25) is 0 Å². The van der Waals surface area contributed by atoms with Crippen LogP contribution in [0.25, 0.3) is 11.3 Å². The van der Waals surface area contributed by atoms with Crippen LogP contribution in [0.5, 0.6) is 0 Å². The zero-order valence-electron chi connectivity index (χ0n) is 12.4. The molecule has 1 aromatic carbocycles. The molecule has 1 amide bonds. The minimum atomic E-state index is -1.01. The normalized spacial score (nSPS) is 14.8. The summed E-state index contributed by atoms with van der Waals surface area (Å²) in [6.07, 6.45) is 3.11. The fraction of sp³-hybridized carbons (Fsp3) is 0.312. The van der Waals surface area contributed by atoms with Crippen LogP contribution >= 0.6 is 0 Å². The average Bonchev–Trinajstić information content (AvgIpc) is 2.57. The molecule has 1 aromatic heterocycles. The van der Waals surface area contributed by atoms with Crippen molar-refractivity contribution in [1.82, 2.24) is 9.97 Å². The van der Waals surface area contributed by atoms with Crippen molar-refractivity contribution in [2.45, 2.75) is 19.3 Å². The molecule has 3 rings (SSSR count). The van der Waals surface area contributed by atoms with Crippen molar-refractivity contribution in [3.05, 3.63) is 41.6 Å². The van der Waals surface area contributed by atoms with Gasteiger partial charge in [-0.15, -0.1) is 0 Å². The fourth-order valence-electron chi connectivity index (χ4n) is 2.64. The van der Waals surface area contributed by atoms with Crippen molar-refractivity contribution in [2.75, 3.05) is 18.0 Å². The van der Waals surface area contributed by atoms with Crippen molar-refractivity contribution < 1.29 is 13.6 Å². The van der Waals surface area contributed by atoms with Crippen LogP contribution < -0.4 is 10.6 Å². The standard InChI is InChI=1S/C16H16F2N4O/c17-11-6-4-5-10(14(11)18)12-9-13(15(19)23)21-16(20-12)22-7-2-1-3-8-22/h4-6,9H,1-3,7-8H2,(H2,19,23). The van der Waals surface area contributed by atoms with E-state index in [9.17, 15) is 13.6 Å². The molecule has 0 aliphatic carbocycles. The Kier molecular flexibility index (Phi) is 4.18. The van der Waals surface area contributed by atoms with Crippen molar-refractivity contribution in [1.29, 1.82) is 0 Å². The van der Waals surface area contributed by atoms with Gasteiger partial charge in [-0.2, -0.15) is 0 Å². The molecule has 0 unspecified atom stereocenters. The summed E-state index contributed by atoms with van der Waals surface area (Å²) in [4.78, 5) is 21.9. The Morgan fingerprint density at radius 2 is 1.87 bits per heavy atom. The first-order valence-corrected chi connectivity index (χ1v) is 7.44. The molecule has 0 spiro atoms. The number of amides is 1. The third-order valence-electron chi connectivity index (χ3n) is 3.83. The van der Waals surface area contributed by atoms with Gasteiger partial charge >= 0.3 is 0 Å². The van der Waals surface area contributed by atoms with Gasteiger partial charge in [-0.1, -0.05) is 6.07 Å². The number of primary amides is 1. The Balaban J connectivity index is 2.10. The maximum absolute atomic E-state index is 14.0. The minimum Gasteiger partial charge on any atom is -0.364 e. The second-order valence-corrected chi connectivity index (χ2v) is 5.45. The predicted octanol–water partition coefficient (Wildman–Crippen LogP) is 2.51. The third kappa shape index (κ3) is 3.13. The number of aromatic nitrogens is 2. The summed E-state index contributed by atoms with van der Waals surface area (Å²) in [7, 11) is 0. The smallest absolute Gasteiger partial charge is 0.267 e. The second kappa shape index (κ2) is 6.28. The van der Waals surface area contributed by atoms with E-state index in [-0.39, 0.29) is 17.0 Å². The average molecular weight is 318 g/mol. The number of piperidine rings is 1. The first-order chi connectivity index (χ1) is 11.1. The molecule has 1 saturated heterocycles. The molecule has 2 N–H and O–H groups in total. The van der Waals surface area contributed by atoms with Crippen LogP contribution in [0.3, 0.4) is 0 Å². The van der Waals surface area contributed by atoms with E-state index < -0.39 is 17.5 Å². The van der Waals surface area contributed by atoms with Crippen LogP contribution in [0.1, 0.15) is 29.8 Å². The Bertz CT molecular complexity index is 745. The highest BCUT2D eigenvalue weighted by Gasteiger charge is 2.19. The van der Waals surface area contributed by atoms with E-state index in [1.807, 2.05) is 4.90 Å². The van der Waals surface area contributed by atoms with Gasteiger partial charge in [0.05, 0.1) is 5.69 Å². The Hall–Kier alpha value is -2.57. The van der Waals surface area contributed by atoms with Crippen molar-refractivity contribution in [2.24, 2.45) is 5.73 Å². The van der Waals surface area contributed by atoms with Crippen molar-refractivity contribution in [3.63, 3.8) is 0 Å². The van der Waals surface area contributed by atoms with E-state index in [0.717, 1.165) is 38.4 Å². The number of rotatable bonds is 3. The molecule has 1 aliphatic heterocycles. The van der Waals surface area contributed by atoms with Crippen LogP contribution in [0.15, 0.2) is 24.3 Å². The van der Waals surface area contributed by atoms with Crippen LogP contribution in [-0.2, 0) is 0 Å². The number of anilines is 1. The summed E-state index contributed by atoms with van der Waals surface area (Å²) >= 11 is 0. The van der Waals surface area contributed by atoms with E-state index in [4.69, 9.17) is 5.73 Å². The van der Waals surface area contributed by atoms with Gasteiger partial charge in [0, 0.05) is 18.7 Å². The quantitative estimate of drug-likeness (QED) is 0.944. The molecule has 0 atom stereocenters. The van der Waals surface area contributed by atoms with E-state index in [1.165, 1.54) is 18.2 Å². The first-order valence-electron chi connectivity index (χ1n) is 7.44. The van der Waals surface area contributed by atoms with Gasteiger partial charge in [0.2, 0.25) is 5.95 Å². The SMILES string of the molecule is NC(=O)c1cc(-c2cccc(F)c2F)nc(N2CCCCC2)n1. The number of halogens is 2. The van der Waals surface area contributed by atoms with Gasteiger partial charge in [-0.05, 0) is 37.5 Å². The summed E-state index contributed by atoms with van der Waals surface area (Å²) in [5.74, 6) is -2.39. The van der Waals surface area contributed by atoms with Gasteiger partial charge in [-0.3, -0.25) is 4.79 Å². The fourth-order valence-corrected chi connectivity index (χ4v) is 2.64. The summed E-state index contributed by atoms with van der Waals surface area (Å²) in [6.45, 7) is 1.51. The molecule has 0 bridgehead atoms. The maximum atomic E-state index is 14.0. The lowest BCUT2D eigenvalue weighted by molar-refractivity contribution is 0.0995. The Morgan fingerprint density at radius 3 is 2.57 bits per heavy atom. The van der Waals surface area contributed by atoms with Crippen LogP contribution in [0, 0.1) is 11.6 Å². The third-order valence-corrected chi connectivity index (χ3v) is 3.83. The van der Waals surface area contributed by atoms with E-state index in [2.05, 4.69) is 9.97 Å². The maximum Gasteiger partial charge on any atom is 0.267 e. The molecule has 23 heavy (non-hydrogen) atoms. The topological polar surface area (TPSA) is 72.1 Å². The van der Waals surface area contributed by atoms with Gasteiger partial charge in [0.15, 0.2) is 11.6 Å². The first kappa shape index (κ1) is 15.3. The second-order valence-electron chi connectivity index (χ2n) is 5.45. The summed E-state index contributed by atoms with van der Waals surface area (Å²) < 4.78 is 27.5. The van der Waals surface area contributed by atoms with Crippen LogP contribution in [-0.4, -0.2) is 29.0 Å². The number of benzene rings is 1. The predicted molar refractivity (Wildman–Crippen MR) is 82.0 cm³/mol. The molecule has 0 radical (unpaired) electrons. The molecule has 0 saturated carbocycles. The van der Waals surface area contributed by atoms with E-state index in [1.54, 1.807) is 0 Å². The minimum absolute atomic E-state index is 0.0146. The number of hydrogen-bond acceptors (Lipinski definition) is 4. The van der Waals surface area contributed by atoms with Gasteiger partial charge < -0.3 is 10.6 Å². The molecule has 120 valence electrons. The lowest BCUT2D eigenvalue weighted by Gasteiger charge is -2.27.